The quantitative estimate of drug-likeness (QED) is 0.721. The summed E-state index contributed by atoms with van der Waals surface area (Å²) in [5, 5.41) is 13.1. The molecule has 0 unspecified atom stereocenters. The van der Waals surface area contributed by atoms with E-state index < -0.39 is 11.2 Å². The van der Waals surface area contributed by atoms with Gasteiger partial charge < -0.3 is 0 Å². The highest BCUT2D eigenvalue weighted by Crippen LogP contribution is 2.11. The van der Waals surface area contributed by atoms with Crippen molar-refractivity contribution in [1.29, 1.82) is 5.26 Å². The minimum absolute atomic E-state index is 0.0439. The Morgan fingerprint density at radius 2 is 1.80 bits per heavy atom. The van der Waals surface area contributed by atoms with Crippen LogP contribution in [0.15, 0.2) is 52.3 Å². The van der Waals surface area contributed by atoms with Crippen molar-refractivity contribution in [2.45, 2.75) is 20.4 Å². The van der Waals surface area contributed by atoms with Crippen LogP contribution in [-0.2, 0) is 6.54 Å². The Hall–Kier alpha value is -3.53. The summed E-state index contributed by atoms with van der Waals surface area (Å²) < 4.78 is 2.10. The lowest BCUT2D eigenvalue weighted by Crippen LogP contribution is -2.42. The Morgan fingerprint density at radius 1 is 1.08 bits per heavy atom. The molecule has 3 rings (SSSR count). The van der Waals surface area contributed by atoms with E-state index in [9.17, 15) is 14.9 Å². The topological polar surface area (TPSA) is 93.6 Å². The first-order valence-corrected chi connectivity index (χ1v) is 7.62. The van der Waals surface area contributed by atoms with Crippen molar-refractivity contribution < 1.29 is 0 Å². The van der Waals surface area contributed by atoms with E-state index in [-0.39, 0.29) is 12.2 Å². The molecule has 0 amide bonds. The third-order valence-corrected chi connectivity index (χ3v) is 3.99. The molecule has 0 aliphatic heterocycles. The average molecular weight is 333 g/mol. The van der Waals surface area contributed by atoms with E-state index in [1.165, 1.54) is 0 Å². The summed E-state index contributed by atoms with van der Waals surface area (Å²) >= 11 is 0. The molecule has 7 nitrogen and oxygen atoms in total. The molecule has 0 saturated carbocycles. The number of aryl methyl sites for hydroxylation is 2. The Labute approximate surface area is 143 Å². The first-order valence-electron chi connectivity index (χ1n) is 7.62. The molecule has 0 N–H and O–H groups in total. The molecule has 1 aromatic carbocycles. The molecule has 0 spiro atoms. The molecule has 0 saturated heterocycles. The fourth-order valence-electron chi connectivity index (χ4n) is 2.42. The van der Waals surface area contributed by atoms with Gasteiger partial charge in [0.15, 0.2) is 0 Å². The molecule has 0 fully saturated rings. The summed E-state index contributed by atoms with van der Waals surface area (Å²) in [6.07, 6.45) is 3.16. The lowest BCUT2D eigenvalue weighted by molar-refractivity contribution is 0.610. The number of pyridine rings is 1. The third kappa shape index (κ3) is 3.10. The van der Waals surface area contributed by atoms with E-state index in [4.69, 9.17) is 0 Å². The summed E-state index contributed by atoms with van der Waals surface area (Å²) in [7, 11) is 0. The SMILES string of the molecule is Cc1ccc(-n2nc(C#N)c(=O)n(Cc3ccncc3)c2=O)cc1C. The number of nitrogens with zero attached hydrogens (tertiary/aromatic N) is 5. The highest BCUT2D eigenvalue weighted by molar-refractivity contribution is 5.39. The van der Waals surface area contributed by atoms with Crippen molar-refractivity contribution in [3.8, 4) is 11.8 Å². The molecule has 0 aliphatic carbocycles. The Bertz CT molecular complexity index is 1090. The van der Waals surface area contributed by atoms with Gasteiger partial charge in [-0.15, -0.1) is 5.10 Å². The van der Waals surface area contributed by atoms with Crippen LogP contribution >= 0.6 is 0 Å². The Kier molecular flexibility index (Phi) is 4.27. The number of nitriles is 1. The van der Waals surface area contributed by atoms with Crippen LogP contribution in [0.3, 0.4) is 0 Å². The molecule has 2 aromatic heterocycles. The van der Waals surface area contributed by atoms with Crippen LogP contribution in [0.1, 0.15) is 22.4 Å². The molecule has 0 atom stereocenters. The molecule has 25 heavy (non-hydrogen) atoms. The van der Waals surface area contributed by atoms with Crippen molar-refractivity contribution in [2.24, 2.45) is 0 Å². The van der Waals surface area contributed by atoms with Gasteiger partial charge in [0.05, 0.1) is 12.2 Å². The predicted octanol–water partition coefficient (Wildman–Crippen LogP) is 1.33. The van der Waals surface area contributed by atoms with Gasteiger partial charge in [-0.2, -0.15) is 9.94 Å². The third-order valence-electron chi connectivity index (χ3n) is 3.99. The van der Waals surface area contributed by atoms with E-state index in [0.29, 0.717) is 5.69 Å². The first kappa shape index (κ1) is 16.3. The Morgan fingerprint density at radius 3 is 2.44 bits per heavy atom. The van der Waals surface area contributed by atoms with Gasteiger partial charge in [0, 0.05) is 12.4 Å². The fourth-order valence-corrected chi connectivity index (χ4v) is 2.42. The van der Waals surface area contributed by atoms with Crippen molar-refractivity contribution in [3.05, 3.63) is 85.9 Å². The standard InChI is InChI=1S/C18H15N5O2/c1-12-3-4-15(9-13(12)2)23-18(25)22(17(24)16(10-19)21-23)11-14-5-7-20-8-6-14/h3-9H,11H2,1-2H3. The second-order valence-corrected chi connectivity index (χ2v) is 5.67. The first-order chi connectivity index (χ1) is 12.0. The maximum absolute atomic E-state index is 12.8. The van der Waals surface area contributed by atoms with Crippen LogP contribution in [0.2, 0.25) is 0 Å². The van der Waals surface area contributed by atoms with Crippen LogP contribution in [0.25, 0.3) is 5.69 Å². The Balaban J connectivity index is 2.22. The number of aromatic nitrogens is 4. The highest BCUT2D eigenvalue weighted by atomic mass is 16.2. The summed E-state index contributed by atoms with van der Waals surface area (Å²) in [5.41, 5.74) is 1.67. The van der Waals surface area contributed by atoms with Crippen LogP contribution in [0.4, 0.5) is 0 Å². The lowest BCUT2D eigenvalue weighted by Gasteiger charge is -2.11. The number of hydrogen-bond donors (Lipinski definition) is 0. The second-order valence-electron chi connectivity index (χ2n) is 5.67. The van der Waals surface area contributed by atoms with Gasteiger partial charge in [0.1, 0.15) is 6.07 Å². The smallest absolute Gasteiger partial charge is 0.266 e. The van der Waals surface area contributed by atoms with Gasteiger partial charge in [-0.05, 0) is 54.8 Å². The summed E-state index contributed by atoms with van der Waals surface area (Å²) in [6.45, 7) is 3.92. The normalized spacial score (nSPS) is 10.4. The van der Waals surface area contributed by atoms with Gasteiger partial charge in [-0.3, -0.25) is 14.3 Å². The van der Waals surface area contributed by atoms with Gasteiger partial charge >= 0.3 is 5.69 Å². The minimum atomic E-state index is -0.704. The maximum atomic E-state index is 12.8. The van der Waals surface area contributed by atoms with Crippen molar-refractivity contribution in [3.63, 3.8) is 0 Å². The lowest BCUT2D eigenvalue weighted by atomic mass is 10.1. The number of benzene rings is 1. The molecule has 0 radical (unpaired) electrons. The van der Waals surface area contributed by atoms with Crippen molar-refractivity contribution >= 4 is 0 Å². The van der Waals surface area contributed by atoms with Gasteiger partial charge in [-0.25, -0.2) is 4.79 Å². The molecule has 3 aromatic rings. The van der Waals surface area contributed by atoms with E-state index in [1.54, 1.807) is 42.7 Å². The molecule has 0 aliphatic rings. The van der Waals surface area contributed by atoms with Crippen LogP contribution in [0, 0.1) is 25.2 Å². The number of rotatable bonds is 3. The average Bonchev–Trinajstić information content (AvgIpc) is 2.62. The zero-order chi connectivity index (χ0) is 18.0. The van der Waals surface area contributed by atoms with Crippen LogP contribution in [-0.4, -0.2) is 19.3 Å². The zero-order valence-corrected chi connectivity index (χ0v) is 13.8. The highest BCUT2D eigenvalue weighted by Gasteiger charge is 2.15. The second kappa shape index (κ2) is 6.53. The zero-order valence-electron chi connectivity index (χ0n) is 13.8. The molecular weight excluding hydrogens is 318 g/mol. The molecule has 7 heteroatoms. The van der Waals surface area contributed by atoms with Crippen LogP contribution < -0.4 is 11.2 Å². The van der Waals surface area contributed by atoms with Crippen molar-refractivity contribution in [1.82, 2.24) is 19.3 Å². The summed E-state index contributed by atoms with van der Waals surface area (Å²) in [4.78, 5) is 29.1. The van der Waals surface area contributed by atoms with E-state index in [1.807, 2.05) is 19.9 Å². The van der Waals surface area contributed by atoms with Crippen molar-refractivity contribution in [2.75, 3.05) is 0 Å². The molecule has 2 heterocycles. The maximum Gasteiger partial charge on any atom is 0.352 e. The number of hydrogen-bond acceptors (Lipinski definition) is 5. The van der Waals surface area contributed by atoms with E-state index in [0.717, 1.165) is 25.9 Å². The molecular formula is C18H15N5O2. The molecule has 124 valence electrons. The van der Waals surface area contributed by atoms with Gasteiger partial charge in [0.25, 0.3) is 5.56 Å². The summed E-state index contributed by atoms with van der Waals surface area (Å²) in [5.74, 6) is 0. The van der Waals surface area contributed by atoms with Gasteiger partial charge in [-0.1, -0.05) is 6.07 Å². The largest absolute Gasteiger partial charge is 0.352 e. The monoisotopic (exact) mass is 333 g/mol. The molecule has 0 bridgehead atoms. The fraction of sp³-hybridized carbons (Fsp3) is 0.167. The van der Waals surface area contributed by atoms with E-state index in [2.05, 4.69) is 10.1 Å². The minimum Gasteiger partial charge on any atom is -0.266 e. The van der Waals surface area contributed by atoms with Gasteiger partial charge in [0.2, 0.25) is 5.69 Å². The van der Waals surface area contributed by atoms with Crippen LogP contribution in [0.5, 0.6) is 0 Å². The summed E-state index contributed by atoms with van der Waals surface area (Å²) in [6, 6.07) is 10.6. The van der Waals surface area contributed by atoms with E-state index >= 15 is 0 Å². The predicted molar refractivity (Wildman–Crippen MR) is 91.6 cm³/mol.